The topological polar surface area (TPSA) is 153 Å². The van der Waals surface area contributed by atoms with E-state index in [0.29, 0.717) is 17.1 Å². The zero-order chi connectivity index (χ0) is 21.3. The number of nitrogens with two attached hydrogens (primary N) is 2. The molecule has 10 nitrogen and oxygen atoms in total. The SMILES string of the molecule is CC(=O)Nc1cc(Cl)c(N(Cc2cnc3nc(N)nc(N)c3n2)C(C)=O)cc1Cl. The van der Waals surface area contributed by atoms with Crippen LogP contribution < -0.4 is 21.7 Å². The second kappa shape index (κ2) is 8.02. The third-order valence-corrected chi connectivity index (χ3v) is 4.45. The van der Waals surface area contributed by atoms with Gasteiger partial charge < -0.3 is 21.7 Å². The number of nitrogen functional groups attached to an aromatic ring is 2. The Hall–Kier alpha value is -3.24. The molecule has 0 saturated heterocycles. The predicted octanol–water partition coefficient (Wildman–Crippen LogP) is 2.40. The summed E-state index contributed by atoms with van der Waals surface area (Å²) < 4.78 is 0. The third kappa shape index (κ3) is 4.44. The summed E-state index contributed by atoms with van der Waals surface area (Å²) >= 11 is 12.6. The third-order valence-electron chi connectivity index (χ3n) is 3.84. The molecule has 1 aromatic carbocycles. The molecule has 0 unspecified atom stereocenters. The molecule has 0 aliphatic carbocycles. The monoisotopic (exact) mass is 434 g/mol. The lowest BCUT2D eigenvalue weighted by atomic mass is 10.2. The molecule has 150 valence electrons. The van der Waals surface area contributed by atoms with Crippen LogP contribution in [0.15, 0.2) is 18.3 Å². The van der Waals surface area contributed by atoms with Crippen LogP contribution in [-0.2, 0) is 16.1 Å². The normalized spacial score (nSPS) is 10.8. The lowest BCUT2D eigenvalue weighted by Gasteiger charge is -2.23. The van der Waals surface area contributed by atoms with Gasteiger partial charge in [-0.3, -0.25) is 9.59 Å². The first-order valence-electron chi connectivity index (χ1n) is 8.25. The van der Waals surface area contributed by atoms with Gasteiger partial charge in [-0.2, -0.15) is 9.97 Å². The van der Waals surface area contributed by atoms with Crippen molar-refractivity contribution in [3.8, 4) is 0 Å². The molecule has 2 amide bonds. The lowest BCUT2D eigenvalue weighted by Crippen LogP contribution is -2.28. The van der Waals surface area contributed by atoms with E-state index in [9.17, 15) is 9.59 Å². The van der Waals surface area contributed by atoms with Crippen LogP contribution in [0.5, 0.6) is 0 Å². The van der Waals surface area contributed by atoms with E-state index in [-0.39, 0.29) is 51.3 Å². The Bertz CT molecular complexity index is 1140. The average molecular weight is 435 g/mol. The number of benzene rings is 1. The number of aromatic nitrogens is 4. The predicted molar refractivity (Wildman–Crippen MR) is 112 cm³/mol. The molecule has 0 atom stereocenters. The zero-order valence-electron chi connectivity index (χ0n) is 15.4. The Labute approximate surface area is 175 Å². The molecule has 3 aromatic rings. The van der Waals surface area contributed by atoms with E-state index in [2.05, 4.69) is 25.3 Å². The molecule has 0 aliphatic rings. The molecular formula is C17H16Cl2N8O2. The Morgan fingerprint density at radius 3 is 2.48 bits per heavy atom. The maximum absolute atomic E-state index is 12.3. The zero-order valence-corrected chi connectivity index (χ0v) is 16.9. The molecule has 12 heteroatoms. The maximum atomic E-state index is 12.3. The number of nitrogens with one attached hydrogen (secondary N) is 1. The number of halogens is 2. The molecule has 0 fully saturated rings. The van der Waals surface area contributed by atoms with Crippen molar-refractivity contribution in [3.05, 3.63) is 34.1 Å². The number of amides is 2. The average Bonchev–Trinajstić information content (AvgIpc) is 2.62. The Morgan fingerprint density at radius 2 is 1.83 bits per heavy atom. The number of fused-ring (bicyclic) bond motifs is 1. The number of carbonyl (C=O) groups is 2. The highest BCUT2D eigenvalue weighted by atomic mass is 35.5. The van der Waals surface area contributed by atoms with E-state index < -0.39 is 0 Å². The fraction of sp³-hybridized carbons (Fsp3) is 0.176. The van der Waals surface area contributed by atoms with Crippen molar-refractivity contribution in [2.24, 2.45) is 0 Å². The highest BCUT2D eigenvalue weighted by molar-refractivity contribution is 6.38. The summed E-state index contributed by atoms with van der Waals surface area (Å²) in [5.41, 5.74) is 13.0. The highest BCUT2D eigenvalue weighted by Gasteiger charge is 2.19. The minimum Gasteiger partial charge on any atom is -0.382 e. The summed E-state index contributed by atoms with van der Waals surface area (Å²) in [4.78, 5) is 41.3. The number of nitrogens with zero attached hydrogens (tertiary/aromatic N) is 5. The molecule has 2 heterocycles. The van der Waals surface area contributed by atoms with Gasteiger partial charge >= 0.3 is 0 Å². The molecule has 0 aliphatic heterocycles. The van der Waals surface area contributed by atoms with Gasteiger partial charge in [-0.05, 0) is 12.1 Å². The van der Waals surface area contributed by atoms with E-state index in [1.807, 2.05) is 0 Å². The summed E-state index contributed by atoms with van der Waals surface area (Å²) in [5, 5.41) is 3.02. The van der Waals surface area contributed by atoms with Crippen molar-refractivity contribution in [2.45, 2.75) is 20.4 Å². The van der Waals surface area contributed by atoms with Gasteiger partial charge in [-0.15, -0.1) is 0 Å². The molecule has 29 heavy (non-hydrogen) atoms. The summed E-state index contributed by atoms with van der Waals surface area (Å²) in [5.74, 6) is -0.537. The van der Waals surface area contributed by atoms with Gasteiger partial charge in [0.25, 0.3) is 0 Å². The minimum absolute atomic E-state index is 0.0110. The van der Waals surface area contributed by atoms with Gasteiger partial charge in [-0.25, -0.2) is 9.97 Å². The first-order chi connectivity index (χ1) is 13.7. The van der Waals surface area contributed by atoms with E-state index in [0.717, 1.165) is 0 Å². The second-order valence-electron chi connectivity index (χ2n) is 6.07. The van der Waals surface area contributed by atoms with Crippen molar-refractivity contribution < 1.29 is 9.59 Å². The standard InChI is InChI=1S/C17H16Cl2N8O2/c1-7(28)23-12-3-11(19)13(4-10(12)18)27(8(2)29)6-9-5-22-16-14(24-9)15(20)25-17(21)26-16/h3-5H,6H2,1-2H3,(H,23,28)(H4,20,21,22,25,26). The van der Waals surface area contributed by atoms with Gasteiger partial charge in [-0.1, -0.05) is 23.2 Å². The largest absolute Gasteiger partial charge is 0.382 e. The summed E-state index contributed by atoms with van der Waals surface area (Å²) in [6.07, 6.45) is 1.45. The number of hydrogen-bond acceptors (Lipinski definition) is 8. The molecule has 0 saturated carbocycles. The van der Waals surface area contributed by atoms with Gasteiger partial charge in [0, 0.05) is 13.8 Å². The molecule has 3 rings (SSSR count). The highest BCUT2D eigenvalue weighted by Crippen LogP contribution is 2.35. The van der Waals surface area contributed by atoms with E-state index in [1.54, 1.807) is 0 Å². The van der Waals surface area contributed by atoms with Gasteiger partial charge in [0.05, 0.1) is 39.9 Å². The Morgan fingerprint density at radius 1 is 1.10 bits per heavy atom. The molecule has 0 spiro atoms. The van der Waals surface area contributed by atoms with Crippen LogP contribution in [0.25, 0.3) is 11.2 Å². The first-order valence-corrected chi connectivity index (χ1v) is 9.00. The van der Waals surface area contributed by atoms with Crippen LogP contribution in [0.2, 0.25) is 10.0 Å². The molecule has 2 aromatic heterocycles. The first kappa shape index (κ1) is 20.5. The van der Waals surface area contributed by atoms with Crippen LogP contribution in [0.3, 0.4) is 0 Å². The fourth-order valence-electron chi connectivity index (χ4n) is 2.62. The number of anilines is 4. The molecule has 0 radical (unpaired) electrons. The van der Waals surface area contributed by atoms with Crippen molar-refractivity contribution in [2.75, 3.05) is 21.7 Å². The lowest BCUT2D eigenvalue weighted by molar-refractivity contribution is -0.117. The smallest absolute Gasteiger partial charge is 0.224 e. The summed E-state index contributed by atoms with van der Waals surface area (Å²) in [6.45, 7) is 2.76. The van der Waals surface area contributed by atoms with Crippen LogP contribution in [-0.4, -0.2) is 31.8 Å². The fourth-order valence-corrected chi connectivity index (χ4v) is 3.09. The van der Waals surface area contributed by atoms with Crippen LogP contribution in [0.1, 0.15) is 19.5 Å². The number of rotatable bonds is 4. The van der Waals surface area contributed by atoms with E-state index >= 15 is 0 Å². The van der Waals surface area contributed by atoms with Crippen LogP contribution in [0, 0.1) is 0 Å². The molecule has 5 N–H and O–H groups in total. The quantitative estimate of drug-likeness (QED) is 0.565. The Balaban J connectivity index is 1.99. The van der Waals surface area contributed by atoms with E-state index in [4.69, 9.17) is 34.7 Å². The molecular weight excluding hydrogens is 419 g/mol. The number of carbonyl (C=O) groups excluding carboxylic acids is 2. The van der Waals surface area contributed by atoms with Gasteiger partial charge in [0.1, 0.15) is 0 Å². The minimum atomic E-state index is -0.307. The molecule has 0 bridgehead atoms. The summed E-state index contributed by atoms with van der Waals surface area (Å²) in [7, 11) is 0. The summed E-state index contributed by atoms with van der Waals surface area (Å²) in [6, 6.07) is 2.96. The van der Waals surface area contributed by atoms with Crippen LogP contribution >= 0.6 is 23.2 Å². The number of hydrogen-bond donors (Lipinski definition) is 3. The van der Waals surface area contributed by atoms with Gasteiger partial charge in [0.2, 0.25) is 17.8 Å². The maximum Gasteiger partial charge on any atom is 0.224 e. The van der Waals surface area contributed by atoms with E-state index in [1.165, 1.54) is 37.1 Å². The van der Waals surface area contributed by atoms with Gasteiger partial charge in [0.15, 0.2) is 17.0 Å². The van der Waals surface area contributed by atoms with Crippen LogP contribution in [0.4, 0.5) is 23.1 Å². The Kier molecular flexibility index (Phi) is 5.66. The van der Waals surface area contributed by atoms with Crippen molar-refractivity contribution in [1.29, 1.82) is 0 Å². The van der Waals surface area contributed by atoms with Crippen molar-refractivity contribution in [3.63, 3.8) is 0 Å². The van der Waals surface area contributed by atoms with Crippen molar-refractivity contribution >= 4 is 69.3 Å². The second-order valence-corrected chi connectivity index (χ2v) is 6.88. The van der Waals surface area contributed by atoms with Crippen molar-refractivity contribution in [1.82, 2.24) is 19.9 Å².